The van der Waals surface area contributed by atoms with Crippen LogP contribution in [0, 0.1) is 0 Å². The second-order valence-electron chi connectivity index (χ2n) is 2.92. The van der Waals surface area contributed by atoms with Gasteiger partial charge >= 0.3 is 0 Å². The van der Waals surface area contributed by atoms with Gasteiger partial charge in [-0.2, -0.15) is 0 Å². The number of rotatable bonds is 0. The molecule has 0 unspecified atom stereocenters. The molecule has 9 heavy (non-hydrogen) atoms. The van der Waals surface area contributed by atoms with Gasteiger partial charge in [-0.15, -0.1) is 0 Å². The van der Waals surface area contributed by atoms with E-state index in [4.69, 9.17) is 5.73 Å². The summed E-state index contributed by atoms with van der Waals surface area (Å²) in [5.74, 6) is 0.638. The predicted molar refractivity (Wildman–Crippen MR) is 36.2 cm³/mol. The average molecular weight is 125 g/mol. The molecular formula is C6H11N3. The van der Waals surface area contributed by atoms with Gasteiger partial charge in [0.2, 0.25) is 0 Å². The van der Waals surface area contributed by atoms with E-state index in [2.05, 4.69) is 10.3 Å². The Morgan fingerprint density at radius 2 is 2.22 bits per heavy atom. The zero-order chi connectivity index (χ0) is 6.32. The molecule has 2 aliphatic rings. The third-order valence-electron chi connectivity index (χ3n) is 2.12. The van der Waals surface area contributed by atoms with Crippen LogP contribution in [0.5, 0.6) is 0 Å². The summed E-state index contributed by atoms with van der Waals surface area (Å²) < 4.78 is 0. The molecule has 1 aliphatic heterocycles. The van der Waals surface area contributed by atoms with Crippen LogP contribution in [-0.2, 0) is 0 Å². The van der Waals surface area contributed by atoms with Gasteiger partial charge in [-0.05, 0) is 19.3 Å². The molecule has 0 aromatic heterocycles. The average Bonchev–Trinajstić information content (AvgIpc) is 2.49. The fraction of sp³-hybridized carbons (Fsp3) is 0.833. The van der Waals surface area contributed by atoms with Crippen LogP contribution in [0.25, 0.3) is 0 Å². The van der Waals surface area contributed by atoms with Gasteiger partial charge in [0, 0.05) is 12.1 Å². The number of hydrogen-bond donors (Lipinski definition) is 2. The number of nitrogens with one attached hydrogen (secondary N) is 1. The van der Waals surface area contributed by atoms with Crippen molar-refractivity contribution in [3.8, 4) is 0 Å². The normalized spacial score (nSPS) is 29.1. The highest BCUT2D eigenvalue weighted by molar-refractivity contribution is 5.79. The minimum atomic E-state index is 0.395. The summed E-state index contributed by atoms with van der Waals surface area (Å²) in [6.07, 6.45) is 3.74. The van der Waals surface area contributed by atoms with Crippen molar-refractivity contribution in [3.05, 3.63) is 0 Å². The Labute approximate surface area is 54.3 Å². The van der Waals surface area contributed by atoms with E-state index in [-0.39, 0.29) is 0 Å². The second-order valence-corrected chi connectivity index (χ2v) is 2.92. The van der Waals surface area contributed by atoms with Crippen LogP contribution in [0.3, 0.4) is 0 Å². The monoisotopic (exact) mass is 125 g/mol. The molecule has 3 heteroatoms. The molecule has 0 aromatic rings. The lowest BCUT2D eigenvalue weighted by atomic mass is 10.1. The van der Waals surface area contributed by atoms with E-state index in [1.807, 2.05) is 0 Å². The van der Waals surface area contributed by atoms with Crippen molar-refractivity contribution in [2.24, 2.45) is 10.7 Å². The molecule has 1 saturated carbocycles. The first-order chi connectivity index (χ1) is 4.31. The Hall–Kier alpha value is -0.730. The molecule has 0 atom stereocenters. The maximum atomic E-state index is 5.49. The lowest BCUT2D eigenvalue weighted by molar-refractivity contribution is 0.529. The Bertz CT molecular complexity index is 158. The quantitative estimate of drug-likeness (QED) is 0.472. The van der Waals surface area contributed by atoms with E-state index in [0.717, 1.165) is 6.54 Å². The van der Waals surface area contributed by atoms with E-state index in [0.29, 0.717) is 11.5 Å². The van der Waals surface area contributed by atoms with Crippen LogP contribution >= 0.6 is 0 Å². The standard InChI is InChI=1S/C6H11N3/c7-5-8-4-3-6(9-5)1-2-6/h1-4H2,(H3,7,8,9). The first-order valence-electron chi connectivity index (χ1n) is 3.39. The molecule has 0 bridgehead atoms. The molecule has 3 nitrogen and oxygen atoms in total. The summed E-state index contributed by atoms with van der Waals surface area (Å²) in [4.78, 5) is 4.05. The number of nitrogens with zero attached hydrogens (tertiary/aromatic N) is 1. The molecule has 1 aliphatic carbocycles. The van der Waals surface area contributed by atoms with Crippen LogP contribution in [0.15, 0.2) is 4.99 Å². The highest BCUT2D eigenvalue weighted by Crippen LogP contribution is 2.39. The molecule has 50 valence electrons. The molecule has 1 heterocycles. The topological polar surface area (TPSA) is 50.4 Å². The summed E-state index contributed by atoms with van der Waals surface area (Å²) in [6, 6.07) is 0. The van der Waals surface area contributed by atoms with Gasteiger partial charge in [0.05, 0.1) is 0 Å². The summed E-state index contributed by atoms with van der Waals surface area (Å²) in [7, 11) is 0. The van der Waals surface area contributed by atoms with Crippen LogP contribution in [0.2, 0.25) is 0 Å². The molecule has 2 rings (SSSR count). The van der Waals surface area contributed by atoms with Crippen LogP contribution in [-0.4, -0.2) is 18.0 Å². The molecule has 0 aromatic carbocycles. The fourth-order valence-electron chi connectivity index (χ4n) is 1.29. The lowest BCUT2D eigenvalue weighted by Gasteiger charge is -2.21. The van der Waals surface area contributed by atoms with Gasteiger partial charge in [0.15, 0.2) is 5.96 Å². The van der Waals surface area contributed by atoms with Crippen molar-refractivity contribution in [2.45, 2.75) is 24.8 Å². The summed E-state index contributed by atoms with van der Waals surface area (Å²) in [6.45, 7) is 0.916. The van der Waals surface area contributed by atoms with Crippen molar-refractivity contribution in [2.75, 3.05) is 6.54 Å². The number of aliphatic imine (C=N–C) groups is 1. The number of hydrogen-bond acceptors (Lipinski definition) is 3. The van der Waals surface area contributed by atoms with Crippen LogP contribution in [0.1, 0.15) is 19.3 Å². The summed E-state index contributed by atoms with van der Waals surface area (Å²) in [5, 5.41) is 3.19. The highest BCUT2D eigenvalue weighted by Gasteiger charge is 2.43. The third kappa shape index (κ3) is 0.763. The zero-order valence-electron chi connectivity index (χ0n) is 5.35. The van der Waals surface area contributed by atoms with Gasteiger partial charge in [-0.1, -0.05) is 0 Å². The Balaban J connectivity index is 2.10. The van der Waals surface area contributed by atoms with Crippen molar-refractivity contribution >= 4 is 5.96 Å². The predicted octanol–water partition coefficient (Wildman–Crippen LogP) is -0.173. The molecular weight excluding hydrogens is 114 g/mol. The molecule has 0 saturated heterocycles. The van der Waals surface area contributed by atoms with Gasteiger partial charge in [-0.25, -0.2) is 0 Å². The van der Waals surface area contributed by atoms with Gasteiger partial charge in [0.25, 0.3) is 0 Å². The third-order valence-corrected chi connectivity index (χ3v) is 2.12. The highest BCUT2D eigenvalue weighted by atomic mass is 15.2. The van der Waals surface area contributed by atoms with Crippen molar-refractivity contribution in [3.63, 3.8) is 0 Å². The summed E-state index contributed by atoms with van der Waals surface area (Å²) >= 11 is 0. The lowest BCUT2D eigenvalue weighted by Crippen LogP contribution is -2.45. The minimum absolute atomic E-state index is 0.395. The second kappa shape index (κ2) is 1.40. The van der Waals surface area contributed by atoms with Crippen LogP contribution < -0.4 is 11.1 Å². The largest absolute Gasteiger partial charge is 0.370 e. The fourth-order valence-corrected chi connectivity index (χ4v) is 1.29. The van der Waals surface area contributed by atoms with E-state index >= 15 is 0 Å². The number of guanidine groups is 1. The Morgan fingerprint density at radius 3 is 2.67 bits per heavy atom. The van der Waals surface area contributed by atoms with Crippen molar-refractivity contribution in [1.29, 1.82) is 0 Å². The Morgan fingerprint density at radius 1 is 1.44 bits per heavy atom. The maximum absolute atomic E-state index is 5.49. The smallest absolute Gasteiger partial charge is 0.189 e. The zero-order valence-corrected chi connectivity index (χ0v) is 5.35. The molecule has 0 radical (unpaired) electrons. The SMILES string of the molecule is NC1=NCCC2(CC2)N1. The number of nitrogens with two attached hydrogens (primary N) is 1. The maximum Gasteiger partial charge on any atom is 0.189 e. The first kappa shape index (κ1) is 5.09. The molecule has 3 N–H and O–H groups in total. The van der Waals surface area contributed by atoms with E-state index < -0.39 is 0 Å². The first-order valence-corrected chi connectivity index (χ1v) is 3.39. The minimum Gasteiger partial charge on any atom is -0.370 e. The molecule has 1 spiro atoms. The van der Waals surface area contributed by atoms with Gasteiger partial charge in [0.1, 0.15) is 0 Å². The summed E-state index contributed by atoms with van der Waals surface area (Å²) in [5.41, 5.74) is 5.88. The molecule has 0 amide bonds. The Kier molecular flexibility index (Phi) is 0.793. The van der Waals surface area contributed by atoms with E-state index in [1.165, 1.54) is 19.3 Å². The van der Waals surface area contributed by atoms with E-state index in [1.54, 1.807) is 0 Å². The van der Waals surface area contributed by atoms with Gasteiger partial charge < -0.3 is 11.1 Å². The molecule has 1 fully saturated rings. The van der Waals surface area contributed by atoms with Gasteiger partial charge in [-0.3, -0.25) is 4.99 Å². The van der Waals surface area contributed by atoms with Crippen LogP contribution in [0.4, 0.5) is 0 Å². The van der Waals surface area contributed by atoms with Crippen molar-refractivity contribution < 1.29 is 0 Å². The van der Waals surface area contributed by atoms with E-state index in [9.17, 15) is 0 Å². The van der Waals surface area contributed by atoms with Crippen molar-refractivity contribution in [1.82, 2.24) is 5.32 Å².